The third-order valence-corrected chi connectivity index (χ3v) is 3.28. The predicted octanol–water partition coefficient (Wildman–Crippen LogP) is 2.96. The fourth-order valence-electron chi connectivity index (χ4n) is 2.42. The van der Waals surface area contributed by atoms with Gasteiger partial charge in [0.2, 0.25) is 0 Å². The minimum Gasteiger partial charge on any atom is -0.385 e. The van der Waals surface area contributed by atoms with Crippen LogP contribution < -0.4 is 0 Å². The summed E-state index contributed by atoms with van der Waals surface area (Å²) in [5, 5.41) is 10.4. The maximum absolute atomic E-state index is 11.4. The van der Waals surface area contributed by atoms with E-state index >= 15 is 0 Å². The van der Waals surface area contributed by atoms with Crippen molar-refractivity contribution in [2.24, 2.45) is 0 Å². The molecule has 0 bridgehead atoms. The highest BCUT2D eigenvalue weighted by molar-refractivity contribution is 5.81. The minimum absolute atomic E-state index is 0.163. The van der Waals surface area contributed by atoms with Crippen molar-refractivity contribution in [3.63, 3.8) is 0 Å². The lowest BCUT2D eigenvalue weighted by molar-refractivity contribution is -0.125. The molecule has 0 radical (unpaired) electrons. The third-order valence-electron chi connectivity index (χ3n) is 3.28. The van der Waals surface area contributed by atoms with Gasteiger partial charge in [-0.05, 0) is 37.0 Å². The average Bonchev–Trinajstić information content (AvgIpc) is 2.29. The Bertz CT molecular complexity index is 433. The Balaban J connectivity index is 2.21. The molecule has 2 nitrogen and oxygen atoms in total. The monoisotopic (exact) mass is 230 g/mol. The van der Waals surface area contributed by atoms with Crippen molar-refractivity contribution >= 4 is 11.4 Å². The van der Waals surface area contributed by atoms with Gasteiger partial charge in [-0.1, -0.05) is 30.3 Å². The molecule has 2 rings (SSSR count). The van der Waals surface area contributed by atoms with E-state index in [4.69, 9.17) is 0 Å². The van der Waals surface area contributed by atoms with Crippen LogP contribution in [0.15, 0.2) is 36.4 Å². The van der Waals surface area contributed by atoms with Crippen LogP contribution in [0, 0.1) is 0 Å². The zero-order valence-electron chi connectivity index (χ0n) is 10.1. The van der Waals surface area contributed by atoms with Gasteiger partial charge >= 0.3 is 0 Å². The van der Waals surface area contributed by atoms with Gasteiger partial charge in [0.1, 0.15) is 5.78 Å². The van der Waals surface area contributed by atoms with Crippen LogP contribution in [0.1, 0.15) is 38.2 Å². The quantitative estimate of drug-likeness (QED) is 0.848. The fraction of sp³-hybridized carbons (Fsp3) is 0.400. The summed E-state index contributed by atoms with van der Waals surface area (Å²) in [5.74, 6) is 0.163. The van der Waals surface area contributed by atoms with Crippen molar-refractivity contribution < 1.29 is 9.90 Å². The topological polar surface area (TPSA) is 37.3 Å². The first-order valence-corrected chi connectivity index (χ1v) is 6.08. The largest absolute Gasteiger partial charge is 0.385 e. The molecule has 17 heavy (non-hydrogen) atoms. The number of aliphatic hydroxyl groups is 1. The molecule has 0 saturated heterocycles. The van der Waals surface area contributed by atoms with Gasteiger partial charge in [0.25, 0.3) is 0 Å². The summed E-state index contributed by atoms with van der Waals surface area (Å²) in [5.41, 5.74) is 1.19. The summed E-state index contributed by atoms with van der Waals surface area (Å²) in [6.07, 6.45) is 4.19. The van der Waals surface area contributed by atoms with E-state index in [0.717, 1.165) is 17.6 Å². The Hall–Kier alpha value is -1.41. The van der Waals surface area contributed by atoms with Crippen LogP contribution in [-0.2, 0) is 4.79 Å². The summed E-state index contributed by atoms with van der Waals surface area (Å²) >= 11 is 0. The van der Waals surface area contributed by atoms with Crippen molar-refractivity contribution in [1.82, 2.24) is 0 Å². The van der Waals surface area contributed by atoms with E-state index < -0.39 is 5.60 Å². The number of carbonyl (C=O) groups excluding carboxylic acids is 1. The summed E-state index contributed by atoms with van der Waals surface area (Å²) < 4.78 is 0. The van der Waals surface area contributed by atoms with E-state index in [0.29, 0.717) is 12.8 Å². The van der Waals surface area contributed by atoms with E-state index in [1.54, 1.807) is 0 Å². The second kappa shape index (κ2) is 4.84. The van der Waals surface area contributed by atoms with Crippen molar-refractivity contribution in [2.75, 3.05) is 0 Å². The third kappa shape index (κ3) is 3.04. The first-order valence-electron chi connectivity index (χ1n) is 6.08. The summed E-state index contributed by atoms with van der Waals surface area (Å²) in [6.45, 7) is 1.98. The Labute approximate surface area is 102 Å². The number of hydrogen-bond donors (Lipinski definition) is 1. The van der Waals surface area contributed by atoms with Crippen LogP contribution in [0.5, 0.6) is 0 Å². The summed E-state index contributed by atoms with van der Waals surface area (Å²) in [4.78, 5) is 11.4. The average molecular weight is 230 g/mol. The molecule has 0 amide bonds. The van der Waals surface area contributed by atoms with Gasteiger partial charge in [-0.15, -0.1) is 0 Å². The lowest BCUT2D eigenvalue weighted by atomic mass is 9.82. The summed E-state index contributed by atoms with van der Waals surface area (Å²) in [6, 6.07) is 9.95. The Morgan fingerprint density at radius 2 is 2.06 bits per heavy atom. The van der Waals surface area contributed by atoms with Gasteiger partial charge in [-0.3, -0.25) is 4.79 Å². The molecule has 0 aliphatic heterocycles. The number of ketones is 1. The summed E-state index contributed by atoms with van der Waals surface area (Å²) in [7, 11) is 0. The zero-order valence-corrected chi connectivity index (χ0v) is 10.1. The number of benzene rings is 1. The number of rotatable bonds is 2. The predicted molar refractivity (Wildman–Crippen MR) is 68.5 cm³/mol. The van der Waals surface area contributed by atoms with Crippen LogP contribution in [-0.4, -0.2) is 16.5 Å². The van der Waals surface area contributed by atoms with Crippen molar-refractivity contribution in [3.05, 3.63) is 42.0 Å². The van der Waals surface area contributed by atoms with Crippen LogP contribution >= 0.6 is 0 Å². The molecule has 1 aromatic rings. The van der Waals surface area contributed by atoms with Gasteiger partial charge in [0.05, 0.1) is 5.60 Å². The lowest BCUT2D eigenvalue weighted by Crippen LogP contribution is -2.33. The number of hydrogen-bond acceptors (Lipinski definition) is 2. The highest BCUT2D eigenvalue weighted by Gasteiger charge is 2.31. The van der Waals surface area contributed by atoms with Crippen molar-refractivity contribution in [1.29, 1.82) is 0 Å². The SMILES string of the molecule is C/C(=C\[C@@]1(O)CCCC(=O)C1)c1ccccc1. The molecule has 0 spiro atoms. The molecule has 0 unspecified atom stereocenters. The van der Waals surface area contributed by atoms with Gasteiger partial charge in [-0.25, -0.2) is 0 Å². The molecule has 1 aromatic carbocycles. The van der Waals surface area contributed by atoms with E-state index in [-0.39, 0.29) is 12.2 Å². The van der Waals surface area contributed by atoms with Crippen molar-refractivity contribution in [2.45, 2.75) is 38.2 Å². The first kappa shape index (κ1) is 12.1. The van der Waals surface area contributed by atoms with Crippen LogP contribution in [0.4, 0.5) is 0 Å². The fourth-order valence-corrected chi connectivity index (χ4v) is 2.42. The number of allylic oxidation sites excluding steroid dienone is 1. The molecular weight excluding hydrogens is 212 g/mol. The van der Waals surface area contributed by atoms with Gasteiger partial charge in [0, 0.05) is 12.8 Å². The molecule has 2 heteroatoms. The highest BCUT2D eigenvalue weighted by atomic mass is 16.3. The van der Waals surface area contributed by atoms with E-state index in [1.165, 1.54) is 0 Å². The number of Topliss-reactive ketones (excluding diaryl/α,β-unsaturated/α-hetero) is 1. The Morgan fingerprint density at radius 1 is 1.35 bits per heavy atom. The molecule has 1 N–H and O–H groups in total. The first-order chi connectivity index (χ1) is 8.09. The van der Waals surface area contributed by atoms with Gasteiger partial charge in [0.15, 0.2) is 0 Å². The Morgan fingerprint density at radius 3 is 2.71 bits per heavy atom. The lowest BCUT2D eigenvalue weighted by Gasteiger charge is -2.28. The molecule has 1 saturated carbocycles. The molecule has 1 fully saturated rings. The molecule has 1 aliphatic carbocycles. The second-order valence-corrected chi connectivity index (χ2v) is 4.87. The smallest absolute Gasteiger partial charge is 0.136 e. The minimum atomic E-state index is -0.935. The highest BCUT2D eigenvalue weighted by Crippen LogP contribution is 2.30. The molecule has 1 atom stereocenters. The standard InChI is InChI=1S/C15H18O2/c1-12(13-6-3-2-4-7-13)10-15(17)9-5-8-14(16)11-15/h2-4,6-7,10,17H,5,8-9,11H2,1H3/b12-10+/t15-/m0/s1. The maximum atomic E-state index is 11.4. The van der Waals surface area contributed by atoms with Gasteiger partial charge < -0.3 is 5.11 Å². The van der Waals surface area contributed by atoms with Crippen LogP contribution in [0.25, 0.3) is 5.57 Å². The van der Waals surface area contributed by atoms with Crippen molar-refractivity contribution in [3.8, 4) is 0 Å². The molecule has 0 aromatic heterocycles. The molecule has 90 valence electrons. The van der Waals surface area contributed by atoms with Crippen LogP contribution in [0.3, 0.4) is 0 Å². The molecule has 1 aliphatic rings. The molecule has 0 heterocycles. The van der Waals surface area contributed by atoms with Crippen LogP contribution in [0.2, 0.25) is 0 Å². The number of carbonyl (C=O) groups is 1. The Kier molecular flexibility index (Phi) is 3.43. The van der Waals surface area contributed by atoms with E-state index in [9.17, 15) is 9.90 Å². The van der Waals surface area contributed by atoms with Gasteiger partial charge in [-0.2, -0.15) is 0 Å². The van der Waals surface area contributed by atoms with E-state index in [1.807, 2.05) is 43.3 Å². The molecular formula is C15H18O2. The van der Waals surface area contributed by atoms with E-state index in [2.05, 4.69) is 0 Å². The zero-order chi connectivity index (χ0) is 12.3. The maximum Gasteiger partial charge on any atom is 0.136 e. The second-order valence-electron chi connectivity index (χ2n) is 4.87. The normalized spacial score (nSPS) is 26.0.